The molecule has 1 atom stereocenters. The number of nitrogens with zero attached hydrogens (tertiary/aromatic N) is 3. The first kappa shape index (κ1) is 13.1. The lowest BCUT2D eigenvalue weighted by atomic mass is 10.0. The summed E-state index contributed by atoms with van der Waals surface area (Å²) in [5.41, 5.74) is 5.28. The van der Waals surface area contributed by atoms with Crippen molar-refractivity contribution >= 4 is 5.69 Å². The smallest absolute Gasteiger partial charge is 0.0645 e. The summed E-state index contributed by atoms with van der Waals surface area (Å²) in [7, 11) is 0. The van der Waals surface area contributed by atoms with Crippen molar-refractivity contribution in [1.29, 1.82) is 0 Å². The Labute approximate surface area is 130 Å². The van der Waals surface area contributed by atoms with E-state index in [4.69, 9.17) is 0 Å². The first-order valence-electron chi connectivity index (χ1n) is 7.74. The van der Waals surface area contributed by atoms with Gasteiger partial charge < -0.3 is 4.90 Å². The molecule has 22 heavy (non-hydrogen) atoms. The molecule has 0 unspecified atom stereocenters. The van der Waals surface area contributed by atoms with Gasteiger partial charge in [-0.15, -0.1) is 0 Å². The molecular formula is C19H19N3. The first-order chi connectivity index (χ1) is 10.8. The van der Waals surface area contributed by atoms with Gasteiger partial charge in [0.25, 0.3) is 0 Å². The van der Waals surface area contributed by atoms with Gasteiger partial charge in [-0.05, 0) is 35.4 Å². The van der Waals surface area contributed by atoms with Crippen molar-refractivity contribution < 1.29 is 0 Å². The highest BCUT2D eigenvalue weighted by atomic mass is 15.3. The number of aromatic nitrogens is 2. The largest absolute Gasteiger partial charge is 0.366 e. The predicted octanol–water partition coefficient (Wildman–Crippen LogP) is 4.00. The lowest BCUT2D eigenvalue weighted by Crippen LogP contribution is -2.20. The molecule has 3 aromatic rings. The average Bonchev–Trinajstić information content (AvgIpc) is 3.18. The zero-order chi connectivity index (χ0) is 14.9. The topological polar surface area (TPSA) is 21.1 Å². The van der Waals surface area contributed by atoms with Gasteiger partial charge in [0.05, 0.1) is 5.69 Å². The van der Waals surface area contributed by atoms with Crippen LogP contribution in [0.5, 0.6) is 0 Å². The van der Waals surface area contributed by atoms with Crippen LogP contribution < -0.4 is 4.90 Å². The van der Waals surface area contributed by atoms with Crippen molar-refractivity contribution in [2.45, 2.75) is 19.4 Å². The second-order valence-corrected chi connectivity index (χ2v) is 5.96. The molecule has 1 aromatic heterocycles. The normalized spacial score (nSPS) is 16.8. The molecule has 1 aliphatic rings. The van der Waals surface area contributed by atoms with Crippen molar-refractivity contribution in [2.75, 3.05) is 11.4 Å². The Morgan fingerprint density at radius 1 is 1.05 bits per heavy atom. The molecule has 0 N–H and O–H groups in total. The van der Waals surface area contributed by atoms with E-state index in [9.17, 15) is 0 Å². The van der Waals surface area contributed by atoms with Gasteiger partial charge in [0.1, 0.15) is 0 Å². The second kappa shape index (κ2) is 5.34. The second-order valence-electron chi connectivity index (χ2n) is 5.96. The minimum absolute atomic E-state index is 0.611. The Bertz CT molecular complexity index is 760. The van der Waals surface area contributed by atoms with E-state index in [1.54, 1.807) is 6.20 Å². The van der Waals surface area contributed by atoms with Crippen LogP contribution in [0.25, 0.3) is 5.69 Å². The molecule has 1 aliphatic heterocycles. The maximum Gasteiger partial charge on any atom is 0.0645 e. The summed E-state index contributed by atoms with van der Waals surface area (Å²) in [6.07, 6.45) is 3.77. The molecule has 0 fully saturated rings. The van der Waals surface area contributed by atoms with Crippen molar-refractivity contribution in [1.82, 2.24) is 9.78 Å². The molecule has 110 valence electrons. The Morgan fingerprint density at radius 2 is 1.86 bits per heavy atom. The summed E-state index contributed by atoms with van der Waals surface area (Å²) in [6, 6.07) is 19.4. The fourth-order valence-corrected chi connectivity index (χ4v) is 3.27. The lowest BCUT2D eigenvalue weighted by molar-refractivity contribution is 0.745. The summed E-state index contributed by atoms with van der Waals surface area (Å²) in [5.74, 6) is 0.611. The van der Waals surface area contributed by atoms with E-state index in [1.807, 2.05) is 16.9 Å². The van der Waals surface area contributed by atoms with Crippen LogP contribution in [0.3, 0.4) is 0 Å². The SMILES string of the molecule is C[C@@H]1CN(Cc2ccc(-n3cccn3)cc2)c2ccccc21. The number of para-hydroxylation sites is 1. The molecule has 2 aromatic carbocycles. The van der Waals surface area contributed by atoms with E-state index in [-0.39, 0.29) is 0 Å². The summed E-state index contributed by atoms with van der Waals surface area (Å²) >= 11 is 0. The van der Waals surface area contributed by atoms with Gasteiger partial charge in [0.2, 0.25) is 0 Å². The third-order valence-electron chi connectivity index (χ3n) is 4.38. The first-order valence-corrected chi connectivity index (χ1v) is 7.74. The highest BCUT2D eigenvalue weighted by molar-refractivity contribution is 5.60. The number of benzene rings is 2. The summed E-state index contributed by atoms with van der Waals surface area (Å²) in [5, 5.41) is 4.27. The van der Waals surface area contributed by atoms with Gasteiger partial charge in [-0.1, -0.05) is 37.3 Å². The van der Waals surface area contributed by atoms with E-state index in [0.717, 1.165) is 18.8 Å². The van der Waals surface area contributed by atoms with Crippen molar-refractivity contribution in [2.24, 2.45) is 0 Å². The number of rotatable bonds is 3. The van der Waals surface area contributed by atoms with Crippen LogP contribution in [0.15, 0.2) is 67.0 Å². The molecule has 4 rings (SSSR count). The van der Waals surface area contributed by atoms with Crippen molar-refractivity contribution in [3.8, 4) is 5.69 Å². The molecular weight excluding hydrogens is 270 g/mol. The van der Waals surface area contributed by atoms with E-state index in [0.29, 0.717) is 5.92 Å². The molecule has 0 spiro atoms. The van der Waals surface area contributed by atoms with Crippen LogP contribution >= 0.6 is 0 Å². The highest BCUT2D eigenvalue weighted by Crippen LogP contribution is 2.36. The molecule has 0 amide bonds. The zero-order valence-electron chi connectivity index (χ0n) is 12.7. The van der Waals surface area contributed by atoms with Crippen molar-refractivity contribution in [3.63, 3.8) is 0 Å². The number of fused-ring (bicyclic) bond motifs is 1. The molecule has 0 aliphatic carbocycles. The molecule has 3 nitrogen and oxygen atoms in total. The molecule has 0 radical (unpaired) electrons. The Morgan fingerprint density at radius 3 is 2.64 bits per heavy atom. The molecule has 0 saturated heterocycles. The van der Waals surface area contributed by atoms with Crippen LogP contribution in [-0.2, 0) is 6.54 Å². The third-order valence-corrected chi connectivity index (χ3v) is 4.38. The van der Waals surface area contributed by atoms with E-state index in [2.05, 4.69) is 65.5 Å². The monoisotopic (exact) mass is 289 g/mol. The summed E-state index contributed by atoms with van der Waals surface area (Å²) in [6.45, 7) is 4.36. The average molecular weight is 289 g/mol. The van der Waals surface area contributed by atoms with E-state index < -0.39 is 0 Å². The number of hydrogen-bond acceptors (Lipinski definition) is 2. The van der Waals surface area contributed by atoms with Crippen LogP contribution in [0, 0.1) is 0 Å². The van der Waals surface area contributed by atoms with Crippen LogP contribution in [0.1, 0.15) is 24.0 Å². The predicted molar refractivity (Wildman–Crippen MR) is 89.5 cm³/mol. The Hall–Kier alpha value is -2.55. The minimum Gasteiger partial charge on any atom is -0.366 e. The van der Waals surface area contributed by atoms with Crippen LogP contribution in [0.4, 0.5) is 5.69 Å². The fourth-order valence-electron chi connectivity index (χ4n) is 3.27. The lowest BCUT2D eigenvalue weighted by Gasteiger charge is -2.20. The fraction of sp³-hybridized carbons (Fsp3) is 0.211. The molecule has 2 heterocycles. The maximum atomic E-state index is 4.27. The number of anilines is 1. The maximum absolute atomic E-state index is 4.27. The Balaban J connectivity index is 1.55. The van der Waals surface area contributed by atoms with Gasteiger partial charge >= 0.3 is 0 Å². The molecule has 0 bridgehead atoms. The molecule has 0 saturated carbocycles. The van der Waals surface area contributed by atoms with Gasteiger partial charge in [-0.2, -0.15) is 5.10 Å². The standard InChI is InChI=1S/C19H19N3/c1-15-13-21(19-6-3-2-5-18(15)19)14-16-7-9-17(10-8-16)22-12-4-11-20-22/h2-12,15H,13-14H2,1H3/t15-/m1/s1. The third kappa shape index (κ3) is 2.29. The zero-order valence-corrected chi connectivity index (χ0v) is 12.7. The van der Waals surface area contributed by atoms with Crippen molar-refractivity contribution in [3.05, 3.63) is 78.1 Å². The van der Waals surface area contributed by atoms with Gasteiger partial charge in [-0.25, -0.2) is 4.68 Å². The van der Waals surface area contributed by atoms with Gasteiger partial charge in [0, 0.05) is 37.1 Å². The van der Waals surface area contributed by atoms with Crippen LogP contribution in [0.2, 0.25) is 0 Å². The Kier molecular flexibility index (Phi) is 3.19. The number of hydrogen-bond donors (Lipinski definition) is 0. The minimum atomic E-state index is 0.611. The highest BCUT2D eigenvalue weighted by Gasteiger charge is 2.24. The molecule has 3 heteroatoms. The van der Waals surface area contributed by atoms with Crippen LogP contribution in [-0.4, -0.2) is 16.3 Å². The van der Waals surface area contributed by atoms with E-state index in [1.165, 1.54) is 16.8 Å². The van der Waals surface area contributed by atoms with E-state index >= 15 is 0 Å². The van der Waals surface area contributed by atoms with Gasteiger partial charge in [0.15, 0.2) is 0 Å². The summed E-state index contributed by atoms with van der Waals surface area (Å²) < 4.78 is 1.89. The van der Waals surface area contributed by atoms with Gasteiger partial charge in [-0.3, -0.25) is 0 Å². The quantitative estimate of drug-likeness (QED) is 0.727. The summed E-state index contributed by atoms with van der Waals surface area (Å²) in [4.78, 5) is 2.48.